The number of nitrogen functional groups attached to an aromatic ring is 2. The highest BCUT2D eigenvalue weighted by atomic mass is 16.3. The van der Waals surface area contributed by atoms with Crippen LogP contribution in [0.1, 0.15) is 5.56 Å². The largest absolute Gasteiger partial charge is 0.508 e. The first-order valence-corrected chi connectivity index (χ1v) is 6.81. The highest BCUT2D eigenvalue weighted by Crippen LogP contribution is 2.36. The maximum Gasteiger partial charge on any atom is 0.222 e. The van der Waals surface area contributed by atoms with Gasteiger partial charge in [0.2, 0.25) is 5.95 Å². The van der Waals surface area contributed by atoms with Crippen molar-refractivity contribution >= 4 is 11.8 Å². The lowest BCUT2D eigenvalue weighted by atomic mass is 9.98. The Morgan fingerprint density at radius 3 is 2.43 bits per heavy atom. The van der Waals surface area contributed by atoms with Gasteiger partial charge in [-0.15, -0.1) is 0 Å². The van der Waals surface area contributed by atoms with Crippen molar-refractivity contribution < 1.29 is 5.11 Å². The van der Waals surface area contributed by atoms with Crippen molar-refractivity contribution in [2.24, 2.45) is 0 Å². The van der Waals surface area contributed by atoms with Crippen molar-refractivity contribution in [2.45, 2.75) is 0 Å². The SMILES string of the molecule is N#Cc1cccc(-c2nc(N)nc(N)c2-c2cccc(O)c2)c1. The van der Waals surface area contributed by atoms with E-state index in [2.05, 4.69) is 16.0 Å². The number of phenols is 1. The van der Waals surface area contributed by atoms with Gasteiger partial charge in [-0.25, -0.2) is 4.98 Å². The lowest BCUT2D eigenvalue weighted by molar-refractivity contribution is 0.475. The van der Waals surface area contributed by atoms with Crippen molar-refractivity contribution in [1.29, 1.82) is 5.26 Å². The molecule has 0 bridgehead atoms. The van der Waals surface area contributed by atoms with E-state index in [4.69, 9.17) is 16.7 Å². The molecule has 112 valence electrons. The van der Waals surface area contributed by atoms with Crippen LogP contribution in [0.4, 0.5) is 11.8 Å². The number of anilines is 2. The molecule has 1 heterocycles. The zero-order chi connectivity index (χ0) is 16.4. The third-order valence-corrected chi connectivity index (χ3v) is 3.35. The lowest BCUT2D eigenvalue weighted by Crippen LogP contribution is -2.04. The Bertz CT molecular complexity index is 931. The maximum absolute atomic E-state index is 9.71. The lowest BCUT2D eigenvalue weighted by Gasteiger charge is -2.12. The molecule has 0 fully saturated rings. The molecule has 3 rings (SSSR count). The summed E-state index contributed by atoms with van der Waals surface area (Å²) in [5, 5.41) is 18.8. The predicted molar refractivity (Wildman–Crippen MR) is 88.1 cm³/mol. The van der Waals surface area contributed by atoms with Gasteiger partial charge in [0.05, 0.1) is 22.9 Å². The van der Waals surface area contributed by atoms with Gasteiger partial charge >= 0.3 is 0 Å². The number of hydrogen-bond acceptors (Lipinski definition) is 6. The van der Waals surface area contributed by atoms with Crippen molar-refractivity contribution in [3.8, 4) is 34.2 Å². The highest BCUT2D eigenvalue weighted by Gasteiger charge is 2.16. The second-order valence-corrected chi connectivity index (χ2v) is 4.93. The van der Waals surface area contributed by atoms with Gasteiger partial charge in [0, 0.05) is 5.56 Å². The number of hydrogen-bond donors (Lipinski definition) is 3. The molecule has 0 aliphatic rings. The summed E-state index contributed by atoms with van der Waals surface area (Å²) < 4.78 is 0. The van der Waals surface area contributed by atoms with Gasteiger partial charge in [-0.05, 0) is 29.8 Å². The molecule has 5 N–H and O–H groups in total. The van der Waals surface area contributed by atoms with E-state index in [9.17, 15) is 5.11 Å². The molecule has 0 saturated carbocycles. The average molecular weight is 303 g/mol. The maximum atomic E-state index is 9.71. The molecule has 0 atom stereocenters. The fourth-order valence-corrected chi connectivity index (χ4v) is 2.39. The molecule has 0 saturated heterocycles. The Morgan fingerprint density at radius 1 is 0.957 bits per heavy atom. The summed E-state index contributed by atoms with van der Waals surface area (Å²) in [5.74, 6) is 0.361. The molecule has 0 radical (unpaired) electrons. The van der Waals surface area contributed by atoms with Gasteiger partial charge in [-0.1, -0.05) is 24.3 Å². The molecule has 0 spiro atoms. The Morgan fingerprint density at radius 2 is 1.70 bits per heavy atom. The fourth-order valence-electron chi connectivity index (χ4n) is 2.39. The number of aromatic hydroxyl groups is 1. The van der Waals surface area contributed by atoms with E-state index in [-0.39, 0.29) is 17.5 Å². The first-order chi connectivity index (χ1) is 11.1. The normalized spacial score (nSPS) is 10.2. The Balaban J connectivity index is 2.30. The molecule has 3 aromatic rings. The first-order valence-electron chi connectivity index (χ1n) is 6.81. The summed E-state index contributed by atoms with van der Waals surface area (Å²) in [4.78, 5) is 8.29. The van der Waals surface area contributed by atoms with Crippen LogP contribution in [0.25, 0.3) is 22.4 Å². The number of nitrogens with zero attached hydrogens (tertiary/aromatic N) is 3. The molecular weight excluding hydrogens is 290 g/mol. The van der Waals surface area contributed by atoms with Gasteiger partial charge < -0.3 is 16.6 Å². The smallest absolute Gasteiger partial charge is 0.222 e. The van der Waals surface area contributed by atoms with Crippen LogP contribution in [0.5, 0.6) is 5.75 Å². The van der Waals surface area contributed by atoms with Gasteiger partial charge in [0.25, 0.3) is 0 Å². The van der Waals surface area contributed by atoms with Crippen LogP contribution >= 0.6 is 0 Å². The van der Waals surface area contributed by atoms with E-state index in [1.54, 1.807) is 42.5 Å². The third kappa shape index (κ3) is 2.76. The Kier molecular flexibility index (Phi) is 3.53. The molecule has 6 nitrogen and oxygen atoms in total. The van der Waals surface area contributed by atoms with Crippen LogP contribution in [-0.2, 0) is 0 Å². The Hall–Kier alpha value is -3.59. The predicted octanol–water partition coefficient (Wildman–Crippen LogP) is 2.55. The number of rotatable bonds is 2. The molecule has 0 amide bonds. The summed E-state index contributed by atoms with van der Waals surface area (Å²) in [6, 6.07) is 15.7. The van der Waals surface area contributed by atoms with Crippen molar-refractivity contribution in [3.63, 3.8) is 0 Å². The fraction of sp³-hybridized carbons (Fsp3) is 0. The summed E-state index contributed by atoms with van der Waals surface area (Å²) in [6.45, 7) is 0. The zero-order valence-electron chi connectivity index (χ0n) is 12.1. The van der Waals surface area contributed by atoms with E-state index in [1.807, 2.05) is 6.07 Å². The van der Waals surface area contributed by atoms with Gasteiger partial charge in [0.15, 0.2) is 0 Å². The van der Waals surface area contributed by atoms with Crippen LogP contribution in [0, 0.1) is 11.3 Å². The van der Waals surface area contributed by atoms with Gasteiger partial charge in [-0.2, -0.15) is 10.2 Å². The molecule has 1 aromatic heterocycles. The summed E-state index contributed by atoms with van der Waals surface area (Å²) in [6.07, 6.45) is 0. The van der Waals surface area contributed by atoms with E-state index < -0.39 is 0 Å². The highest BCUT2D eigenvalue weighted by molar-refractivity contribution is 5.88. The van der Waals surface area contributed by atoms with Gasteiger partial charge in [0.1, 0.15) is 11.6 Å². The molecule has 0 aliphatic carbocycles. The van der Waals surface area contributed by atoms with Crippen LogP contribution in [-0.4, -0.2) is 15.1 Å². The molecule has 6 heteroatoms. The molecule has 23 heavy (non-hydrogen) atoms. The number of nitrogens with two attached hydrogens (primary N) is 2. The quantitative estimate of drug-likeness (QED) is 0.668. The topological polar surface area (TPSA) is 122 Å². The average Bonchev–Trinajstić information content (AvgIpc) is 2.54. The summed E-state index contributed by atoms with van der Waals surface area (Å²) >= 11 is 0. The van der Waals surface area contributed by atoms with Crippen LogP contribution in [0.15, 0.2) is 48.5 Å². The second kappa shape index (κ2) is 5.66. The molecule has 0 aliphatic heterocycles. The van der Waals surface area contributed by atoms with Crippen LogP contribution < -0.4 is 11.5 Å². The van der Waals surface area contributed by atoms with Crippen LogP contribution in [0.3, 0.4) is 0 Å². The number of aromatic nitrogens is 2. The van der Waals surface area contributed by atoms with E-state index >= 15 is 0 Å². The Labute approximate surface area is 132 Å². The van der Waals surface area contributed by atoms with E-state index in [1.165, 1.54) is 0 Å². The zero-order valence-corrected chi connectivity index (χ0v) is 12.1. The molecular formula is C17H13N5O. The standard InChI is InChI=1S/C17H13N5O/c18-9-10-3-1-5-12(7-10)15-14(16(19)22-17(20)21-15)11-4-2-6-13(23)8-11/h1-8,23H,(H4,19,20,21,22). The summed E-state index contributed by atoms with van der Waals surface area (Å²) in [7, 11) is 0. The number of phenolic OH excluding ortho intramolecular Hbond substituents is 1. The minimum Gasteiger partial charge on any atom is -0.508 e. The minimum atomic E-state index is 0.0452. The monoisotopic (exact) mass is 303 g/mol. The summed E-state index contributed by atoms with van der Waals surface area (Å²) in [5.41, 5.74) is 14.7. The molecule has 0 unspecified atom stereocenters. The third-order valence-electron chi connectivity index (χ3n) is 3.35. The molecule has 2 aromatic carbocycles. The van der Waals surface area contributed by atoms with Gasteiger partial charge in [-0.3, -0.25) is 0 Å². The van der Waals surface area contributed by atoms with Crippen molar-refractivity contribution in [2.75, 3.05) is 11.5 Å². The minimum absolute atomic E-state index is 0.0452. The van der Waals surface area contributed by atoms with E-state index in [0.717, 1.165) is 0 Å². The first kappa shape index (κ1) is 14.4. The number of nitriles is 1. The van der Waals surface area contributed by atoms with E-state index in [0.29, 0.717) is 27.9 Å². The van der Waals surface area contributed by atoms with Crippen LogP contribution in [0.2, 0.25) is 0 Å². The second-order valence-electron chi connectivity index (χ2n) is 4.93. The van der Waals surface area contributed by atoms with Crippen molar-refractivity contribution in [1.82, 2.24) is 9.97 Å². The number of benzene rings is 2. The van der Waals surface area contributed by atoms with Crippen molar-refractivity contribution in [3.05, 3.63) is 54.1 Å².